The number of allylic oxidation sites excluding steroid dienone is 4. The topological polar surface area (TPSA) is 132 Å². The van der Waals surface area contributed by atoms with Crippen molar-refractivity contribution in [1.82, 2.24) is 15.1 Å². The Morgan fingerprint density at radius 3 is 1.50 bits per heavy atom. The minimum absolute atomic E-state index is 0.0764. The first-order valence-electron chi connectivity index (χ1n) is 31.1. The fourth-order valence-electron chi connectivity index (χ4n) is 11.1. The number of carbonyl (C=O) groups excluding carboxylic acids is 5. The summed E-state index contributed by atoms with van der Waals surface area (Å²) in [6.07, 6.45) is 28.6. The number of unbranched alkanes of at least 4 members (excludes halogenated alkanes) is 13. The van der Waals surface area contributed by atoms with Gasteiger partial charge in [0.25, 0.3) is 0 Å². The number of hydrogen-bond acceptors (Lipinski definition) is 9. The van der Waals surface area contributed by atoms with E-state index in [1.54, 1.807) is 4.90 Å². The van der Waals surface area contributed by atoms with Crippen molar-refractivity contribution in [3.05, 3.63) is 47.6 Å². The molecule has 0 heterocycles. The summed E-state index contributed by atoms with van der Waals surface area (Å²) in [7, 11) is 0. The lowest BCUT2D eigenvalue weighted by Crippen LogP contribution is -2.61. The highest BCUT2D eigenvalue weighted by atomic mass is 16.6. The van der Waals surface area contributed by atoms with Crippen LogP contribution >= 0.6 is 0 Å². The standard InChI is InChI=1S/C65H113N3O8/c1-12-17-20-22-24-26-34-57(35-27-25-23-21-18-13-2)74-61(70)37-29-28-36-60(69)68(48-31-30-47-67(15-4)16-5)65(64(73)66-46-19-14-3,44-32-38-62(71)75-58-49-55(51(6)7)42-40-53(58)10)45-33-39-63(72)76-59-50-56(52(8)9)43-41-54(59)11/h40-41,55-59H,6,8,12-39,42-50H2,1-5,7,9-11H3,(H,66,73). The normalized spacial score (nSPS) is 18.4. The summed E-state index contributed by atoms with van der Waals surface area (Å²) in [5.74, 6) is -0.793. The molecule has 2 rings (SSSR count). The highest BCUT2D eigenvalue weighted by Crippen LogP contribution is 2.35. The van der Waals surface area contributed by atoms with Crippen molar-refractivity contribution in [3.63, 3.8) is 0 Å². The molecule has 4 unspecified atom stereocenters. The van der Waals surface area contributed by atoms with Crippen LogP contribution in [0.4, 0.5) is 0 Å². The van der Waals surface area contributed by atoms with Crippen molar-refractivity contribution < 1.29 is 38.2 Å². The highest BCUT2D eigenvalue weighted by molar-refractivity contribution is 5.91. The van der Waals surface area contributed by atoms with Crippen LogP contribution in [0.2, 0.25) is 0 Å². The zero-order chi connectivity index (χ0) is 56.1. The first kappa shape index (κ1) is 68.4. The number of carbonyl (C=O) groups is 5. The maximum absolute atomic E-state index is 15.2. The molecule has 436 valence electrons. The van der Waals surface area contributed by atoms with Crippen molar-refractivity contribution in [2.75, 3.05) is 32.7 Å². The molecule has 11 nitrogen and oxygen atoms in total. The molecule has 1 N–H and O–H groups in total. The summed E-state index contributed by atoms with van der Waals surface area (Å²) in [6.45, 7) is 30.7. The van der Waals surface area contributed by atoms with Gasteiger partial charge in [0.1, 0.15) is 23.9 Å². The van der Waals surface area contributed by atoms with Gasteiger partial charge in [0.2, 0.25) is 11.8 Å². The molecule has 2 amide bonds. The molecule has 0 aliphatic heterocycles. The number of hydrogen-bond donors (Lipinski definition) is 1. The van der Waals surface area contributed by atoms with Gasteiger partial charge in [0.15, 0.2) is 0 Å². The van der Waals surface area contributed by atoms with E-state index in [4.69, 9.17) is 14.2 Å². The van der Waals surface area contributed by atoms with Gasteiger partial charge in [-0.3, -0.25) is 24.0 Å². The Labute approximate surface area is 465 Å². The molecule has 76 heavy (non-hydrogen) atoms. The van der Waals surface area contributed by atoms with E-state index in [-0.39, 0.29) is 98.4 Å². The Kier molecular flexibility index (Phi) is 36.4. The van der Waals surface area contributed by atoms with Crippen LogP contribution in [0.1, 0.15) is 268 Å². The number of ether oxygens (including phenoxy) is 3. The van der Waals surface area contributed by atoms with Gasteiger partial charge in [-0.05, 0) is 179 Å². The van der Waals surface area contributed by atoms with Crippen molar-refractivity contribution in [3.8, 4) is 0 Å². The van der Waals surface area contributed by atoms with Crippen LogP contribution in [0.15, 0.2) is 47.6 Å². The molecule has 0 aromatic rings. The van der Waals surface area contributed by atoms with E-state index in [0.29, 0.717) is 58.0 Å². The Morgan fingerprint density at radius 2 is 1.03 bits per heavy atom. The molecule has 11 heteroatoms. The maximum Gasteiger partial charge on any atom is 0.306 e. The molecule has 0 aromatic heterocycles. The summed E-state index contributed by atoms with van der Waals surface area (Å²) in [4.78, 5) is 75.4. The lowest BCUT2D eigenvalue weighted by atomic mass is 9.82. The van der Waals surface area contributed by atoms with Crippen LogP contribution < -0.4 is 5.32 Å². The lowest BCUT2D eigenvalue weighted by molar-refractivity contribution is -0.153. The molecule has 0 bridgehead atoms. The van der Waals surface area contributed by atoms with Gasteiger partial charge in [-0.1, -0.05) is 142 Å². The minimum atomic E-state index is -1.35. The minimum Gasteiger partial charge on any atom is -0.462 e. The molecule has 0 fully saturated rings. The molecule has 2 aliphatic rings. The Balaban J connectivity index is 2.44. The smallest absolute Gasteiger partial charge is 0.306 e. The van der Waals surface area contributed by atoms with E-state index in [1.165, 1.54) is 51.4 Å². The molecule has 0 radical (unpaired) electrons. The van der Waals surface area contributed by atoms with E-state index >= 15 is 9.59 Å². The number of nitrogens with one attached hydrogen (secondary N) is 1. The summed E-state index contributed by atoms with van der Waals surface area (Å²) in [5, 5.41) is 3.23. The predicted octanol–water partition coefficient (Wildman–Crippen LogP) is 15.6. The third-order valence-electron chi connectivity index (χ3n) is 16.5. The molecule has 0 saturated carbocycles. The predicted molar refractivity (Wildman–Crippen MR) is 314 cm³/mol. The van der Waals surface area contributed by atoms with Crippen LogP contribution in [0.3, 0.4) is 0 Å². The summed E-state index contributed by atoms with van der Waals surface area (Å²) in [5.41, 5.74) is 2.86. The van der Waals surface area contributed by atoms with E-state index in [1.807, 2.05) is 27.7 Å². The van der Waals surface area contributed by atoms with Crippen molar-refractivity contribution in [2.45, 2.75) is 292 Å². The van der Waals surface area contributed by atoms with Gasteiger partial charge in [-0.15, -0.1) is 0 Å². The highest BCUT2D eigenvalue weighted by Gasteiger charge is 2.45. The van der Waals surface area contributed by atoms with Crippen LogP contribution in [0.25, 0.3) is 0 Å². The molecule has 0 saturated heterocycles. The second-order valence-electron chi connectivity index (χ2n) is 22.9. The van der Waals surface area contributed by atoms with Gasteiger partial charge < -0.3 is 29.3 Å². The third-order valence-corrected chi connectivity index (χ3v) is 16.5. The number of amides is 2. The SMILES string of the molecule is C=C(C)C1CC=C(C)C(OC(=O)CCCC(CCCC(=O)OC2CC(C(=C)C)CC=C2C)(C(=O)NCCCC)N(CCCCN(CC)CC)C(=O)CCCCC(=O)OC(CCCCCCCC)CCCCCCCC)C1. The van der Waals surface area contributed by atoms with E-state index in [2.05, 4.69) is 70.1 Å². The Bertz CT molecular complexity index is 1680. The summed E-state index contributed by atoms with van der Waals surface area (Å²) >= 11 is 0. The zero-order valence-electron chi connectivity index (χ0n) is 50.3. The third kappa shape index (κ3) is 27.2. The maximum atomic E-state index is 15.2. The van der Waals surface area contributed by atoms with E-state index in [9.17, 15) is 14.4 Å². The molecule has 4 atom stereocenters. The Morgan fingerprint density at radius 1 is 0.579 bits per heavy atom. The van der Waals surface area contributed by atoms with Gasteiger partial charge in [0.05, 0.1) is 0 Å². The molecule has 0 spiro atoms. The van der Waals surface area contributed by atoms with Gasteiger partial charge in [-0.25, -0.2) is 0 Å². The lowest BCUT2D eigenvalue weighted by Gasteiger charge is -2.43. The summed E-state index contributed by atoms with van der Waals surface area (Å²) in [6, 6.07) is 0. The number of esters is 3. The first-order chi connectivity index (χ1) is 36.5. The average molecular weight is 1060 g/mol. The molecule has 2 aliphatic carbocycles. The Hall–Kier alpha value is -3.73. The molecular weight excluding hydrogens is 951 g/mol. The van der Waals surface area contributed by atoms with Gasteiger partial charge in [0, 0.05) is 38.8 Å². The van der Waals surface area contributed by atoms with E-state index in [0.717, 1.165) is 113 Å². The first-order valence-corrected chi connectivity index (χ1v) is 31.1. The average Bonchev–Trinajstić information content (AvgIpc) is 3.39. The van der Waals surface area contributed by atoms with Crippen LogP contribution in [0.5, 0.6) is 0 Å². The second-order valence-corrected chi connectivity index (χ2v) is 22.9. The van der Waals surface area contributed by atoms with Crippen molar-refractivity contribution in [1.29, 1.82) is 0 Å². The molecule has 0 aromatic carbocycles. The quantitative estimate of drug-likeness (QED) is 0.0274. The van der Waals surface area contributed by atoms with Gasteiger partial charge in [-0.2, -0.15) is 0 Å². The van der Waals surface area contributed by atoms with Gasteiger partial charge >= 0.3 is 17.9 Å². The second kappa shape index (κ2) is 40.5. The van der Waals surface area contributed by atoms with Crippen LogP contribution in [-0.2, 0) is 38.2 Å². The van der Waals surface area contributed by atoms with Crippen LogP contribution in [0, 0.1) is 11.8 Å². The van der Waals surface area contributed by atoms with E-state index < -0.39 is 5.54 Å². The monoisotopic (exact) mass is 1060 g/mol. The zero-order valence-corrected chi connectivity index (χ0v) is 50.3. The molecular formula is C65H113N3O8. The fraction of sp³-hybridized carbons (Fsp3) is 0.800. The largest absolute Gasteiger partial charge is 0.462 e. The summed E-state index contributed by atoms with van der Waals surface area (Å²) < 4.78 is 18.4. The fourth-order valence-corrected chi connectivity index (χ4v) is 11.1. The van der Waals surface area contributed by atoms with Crippen molar-refractivity contribution in [2.24, 2.45) is 11.8 Å². The van der Waals surface area contributed by atoms with Crippen LogP contribution in [-0.4, -0.2) is 96.1 Å². The number of nitrogens with zero attached hydrogens (tertiary/aromatic N) is 2. The van der Waals surface area contributed by atoms with Crippen molar-refractivity contribution >= 4 is 29.7 Å². The number of rotatable bonds is 44.